The number of aromatic nitrogens is 1. The summed E-state index contributed by atoms with van der Waals surface area (Å²) in [6.45, 7) is 6.30. The zero-order valence-corrected chi connectivity index (χ0v) is 16.5. The molecule has 4 nitrogen and oxygen atoms in total. The van der Waals surface area contributed by atoms with Gasteiger partial charge >= 0.3 is 0 Å². The maximum atomic E-state index is 13.0. The summed E-state index contributed by atoms with van der Waals surface area (Å²) >= 11 is 0. The highest BCUT2D eigenvalue weighted by molar-refractivity contribution is 6.07. The molecule has 1 aliphatic rings. The van der Waals surface area contributed by atoms with Crippen LogP contribution in [0.1, 0.15) is 63.2 Å². The molecule has 4 heteroatoms. The van der Waals surface area contributed by atoms with Crippen LogP contribution in [0.5, 0.6) is 0 Å². The Kier molecular flexibility index (Phi) is 5.80. The lowest BCUT2D eigenvalue weighted by Crippen LogP contribution is -2.37. The summed E-state index contributed by atoms with van der Waals surface area (Å²) in [5.74, 6) is 1.29. The van der Waals surface area contributed by atoms with Crippen molar-refractivity contribution in [2.75, 3.05) is 11.9 Å². The molecule has 1 aromatic carbocycles. The lowest BCUT2D eigenvalue weighted by molar-refractivity contribution is 0.0932. The van der Waals surface area contributed by atoms with E-state index in [1.165, 1.54) is 32.1 Å². The van der Waals surface area contributed by atoms with Crippen molar-refractivity contribution in [3.63, 3.8) is 0 Å². The normalized spacial score (nSPS) is 16.7. The molecular weight excluding hydrogens is 322 g/mol. The number of carbonyl (C=O) groups is 1. The van der Waals surface area contributed by atoms with Crippen molar-refractivity contribution >= 4 is 22.6 Å². The molecule has 1 N–H and O–H groups in total. The lowest BCUT2D eigenvalue weighted by atomic mass is 9.94. The first-order valence-electron chi connectivity index (χ1n) is 9.91. The number of amides is 1. The Hall–Kier alpha value is -2.10. The van der Waals surface area contributed by atoms with Gasteiger partial charge in [0.25, 0.3) is 5.91 Å². The topological polar surface area (TPSA) is 45.2 Å². The Morgan fingerprint density at radius 2 is 1.85 bits per heavy atom. The molecule has 26 heavy (non-hydrogen) atoms. The molecule has 0 radical (unpaired) electrons. The maximum absolute atomic E-state index is 13.0. The van der Waals surface area contributed by atoms with Gasteiger partial charge in [0, 0.05) is 24.5 Å². The van der Waals surface area contributed by atoms with Crippen LogP contribution in [0.3, 0.4) is 0 Å². The molecule has 1 amide bonds. The van der Waals surface area contributed by atoms with Gasteiger partial charge in [-0.15, -0.1) is 0 Å². The molecule has 3 rings (SSSR count). The first-order chi connectivity index (χ1) is 12.5. The van der Waals surface area contributed by atoms with Crippen molar-refractivity contribution in [1.29, 1.82) is 0 Å². The number of rotatable bonds is 5. The number of nitrogens with zero attached hydrogens (tertiary/aromatic N) is 2. The fraction of sp³-hybridized carbons (Fsp3) is 0.545. The van der Waals surface area contributed by atoms with Gasteiger partial charge in [-0.25, -0.2) is 4.98 Å². The van der Waals surface area contributed by atoms with Crippen LogP contribution < -0.4 is 10.2 Å². The summed E-state index contributed by atoms with van der Waals surface area (Å²) in [4.78, 5) is 20.1. The van der Waals surface area contributed by atoms with E-state index in [1.807, 2.05) is 30.3 Å². The predicted octanol–water partition coefficient (Wildman–Crippen LogP) is 4.78. The second-order valence-electron chi connectivity index (χ2n) is 7.95. The second kappa shape index (κ2) is 8.07. The Balaban J connectivity index is 1.97. The zero-order valence-electron chi connectivity index (χ0n) is 16.5. The summed E-state index contributed by atoms with van der Waals surface area (Å²) in [6, 6.07) is 10.6. The highest BCUT2D eigenvalue weighted by atomic mass is 16.1. The Morgan fingerprint density at radius 1 is 1.15 bits per heavy atom. The summed E-state index contributed by atoms with van der Waals surface area (Å²) in [6.07, 6.45) is 6.30. The van der Waals surface area contributed by atoms with Gasteiger partial charge in [0.1, 0.15) is 5.82 Å². The van der Waals surface area contributed by atoms with E-state index in [0.717, 1.165) is 22.3 Å². The minimum atomic E-state index is -0.0110. The second-order valence-corrected chi connectivity index (χ2v) is 7.95. The molecule has 0 spiro atoms. The van der Waals surface area contributed by atoms with Crippen LogP contribution in [0.2, 0.25) is 0 Å². The molecule has 1 saturated carbocycles. The monoisotopic (exact) mass is 353 g/mol. The van der Waals surface area contributed by atoms with Crippen LogP contribution in [0.15, 0.2) is 30.3 Å². The zero-order chi connectivity index (χ0) is 18.7. The quantitative estimate of drug-likeness (QED) is 0.841. The molecule has 140 valence electrons. The van der Waals surface area contributed by atoms with E-state index in [-0.39, 0.29) is 11.9 Å². The molecule has 0 unspecified atom stereocenters. The first-order valence-corrected chi connectivity index (χ1v) is 9.91. The van der Waals surface area contributed by atoms with E-state index < -0.39 is 0 Å². The number of carbonyl (C=O) groups excluding carboxylic acids is 1. The standard InChI is InChI=1S/C22H31N3O/c1-15(2)16(3)23-22(26)19-14-21(24-20-13-9-8-12-18(19)20)25(4)17-10-6-5-7-11-17/h8-9,12-17H,5-7,10-11H2,1-4H3,(H,23,26)/t16-/m1/s1. The van der Waals surface area contributed by atoms with Gasteiger partial charge in [0.15, 0.2) is 0 Å². The number of hydrogen-bond acceptors (Lipinski definition) is 3. The van der Waals surface area contributed by atoms with Crippen molar-refractivity contribution in [3.05, 3.63) is 35.9 Å². The third-order valence-corrected chi connectivity index (χ3v) is 5.79. The highest BCUT2D eigenvalue weighted by Crippen LogP contribution is 2.28. The molecule has 1 aliphatic carbocycles. The van der Waals surface area contributed by atoms with Crippen LogP contribution in [-0.2, 0) is 0 Å². The fourth-order valence-corrected chi connectivity index (χ4v) is 3.64. The van der Waals surface area contributed by atoms with E-state index in [1.54, 1.807) is 0 Å². The molecule has 0 saturated heterocycles. The molecule has 2 aromatic rings. The first kappa shape index (κ1) is 18.7. The average molecular weight is 354 g/mol. The summed E-state index contributed by atoms with van der Waals surface area (Å²) in [5.41, 5.74) is 1.61. The molecule has 1 aromatic heterocycles. The van der Waals surface area contributed by atoms with Crippen molar-refractivity contribution in [2.45, 2.75) is 65.0 Å². The smallest absolute Gasteiger partial charge is 0.252 e. The summed E-state index contributed by atoms with van der Waals surface area (Å²) in [7, 11) is 2.12. The summed E-state index contributed by atoms with van der Waals surface area (Å²) in [5, 5.41) is 4.07. The third kappa shape index (κ3) is 4.00. The minimum Gasteiger partial charge on any atom is -0.357 e. The maximum Gasteiger partial charge on any atom is 0.252 e. The molecule has 1 atom stereocenters. The summed E-state index contributed by atoms with van der Waals surface area (Å²) < 4.78 is 0. The Labute approximate surface area is 157 Å². The number of hydrogen-bond donors (Lipinski definition) is 1. The van der Waals surface area contributed by atoms with Gasteiger partial charge in [-0.1, -0.05) is 51.3 Å². The van der Waals surface area contributed by atoms with Crippen molar-refractivity contribution < 1.29 is 4.79 Å². The molecule has 0 bridgehead atoms. The van der Waals surface area contributed by atoms with E-state index >= 15 is 0 Å². The van der Waals surface area contributed by atoms with Gasteiger partial charge < -0.3 is 10.2 Å². The van der Waals surface area contributed by atoms with Crippen LogP contribution in [0.25, 0.3) is 10.9 Å². The molecule has 0 aliphatic heterocycles. The number of benzene rings is 1. The lowest BCUT2D eigenvalue weighted by Gasteiger charge is -2.32. The largest absolute Gasteiger partial charge is 0.357 e. The third-order valence-electron chi connectivity index (χ3n) is 5.79. The minimum absolute atomic E-state index is 0.0110. The molecule has 1 heterocycles. The number of nitrogens with one attached hydrogen (secondary N) is 1. The van der Waals surface area contributed by atoms with Gasteiger partial charge in [0.2, 0.25) is 0 Å². The van der Waals surface area contributed by atoms with Crippen LogP contribution in [-0.4, -0.2) is 30.0 Å². The van der Waals surface area contributed by atoms with E-state index in [9.17, 15) is 4.79 Å². The van der Waals surface area contributed by atoms with Crippen molar-refractivity contribution in [1.82, 2.24) is 10.3 Å². The van der Waals surface area contributed by atoms with E-state index in [2.05, 4.69) is 38.0 Å². The highest BCUT2D eigenvalue weighted by Gasteiger charge is 2.22. The number of anilines is 1. The Morgan fingerprint density at radius 3 is 2.54 bits per heavy atom. The fourth-order valence-electron chi connectivity index (χ4n) is 3.64. The van der Waals surface area contributed by atoms with Gasteiger partial charge in [-0.3, -0.25) is 4.79 Å². The molecule has 1 fully saturated rings. The Bertz CT molecular complexity index is 765. The molecular formula is C22H31N3O. The van der Waals surface area contributed by atoms with E-state index in [4.69, 9.17) is 4.98 Å². The SMILES string of the molecule is CC(C)[C@@H](C)NC(=O)c1cc(N(C)C2CCCCC2)nc2ccccc12. The van der Waals surface area contributed by atoms with Crippen LogP contribution in [0, 0.1) is 5.92 Å². The van der Waals surface area contributed by atoms with E-state index in [0.29, 0.717) is 12.0 Å². The number of fused-ring (bicyclic) bond motifs is 1. The van der Waals surface area contributed by atoms with Gasteiger partial charge in [-0.2, -0.15) is 0 Å². The van der Waals surface area contributed by atoms with Gasteiger partial charge in [-0.05, 0) is 37.8 Å². The van der Waals surface area contributed by atoms with Crippen LogP contribution >= 0.6 is 0 Å². The van der Waals surface area contributed by atoms with Gasteiger partial charge in [0.05, 0.1) is 11.1 Å². The average Bonchev–Trinajstić information content (AvgIpc) is 2.67. The van der Waals surface area contributed by atoms with Crippen molar-refractivity contribution in [3.8, 4) is 0 Å². The predicted molar refractivity (Wildman–Crippen MR) is 109 cm³/mol. The number of pyridine rings is 1. The van der Waals surface area contributed by atoms with Crippen LogP contribution in [0.4, 0.5) is 5.82 Å². The number of para-hydroxylation sites is 1. The van der Waals surface area contributed by atoms with Crippen molar-refractivity contribution in [2.24, 2.45) is 5.92 Å².